The van der Waals surface area contributed by atoms with E-state index in [9.17, 15) is 5.11 Å². The molecule has 2 aromatic carbocycles. The van der Waals surface area contributed by atoms with Gasteiger partial charge in [0, 0.05) is 63.1 Å². The van der Waals surface area contributed by atoms with Crippen LogP contribution in [0, 0.1) is 0 Å². The van der Waals surface area contributed by atoms with E-state index in [-0.39, 0.29) is 20.6 Å². The van der Waals surface area contributed by atoms with E-state index in [0.717, 1.165) is 45.2 Å². The van der Waals surface area contributed by atoms with E-state index < -0.39 is 0 Å². The Hall–Kier alpha value is -4.98. The number of nitrogens with zero attached hydrogens (tertiary/aromatic N) is 6. The fourth-order valence-corrected chi connectivity index (χ4v) is 4.21. The molecule has 0 spiro atoms. The summed E-state index contributed by atoms with van der Waals surface area (Å²) in [4.78, 5) is 13.3. The quantitative estimate of drug-likeness (QED) is 0.246. The summed E-state index contributed by atoms with van der Waals surface area (Å²) in [6.07, 6.45) is 7.52. The van der Waals surface area contributed by atoms with Crippen LogP contribution in [0.5, 0.6) is 11.5 Å². The van der Waals surface area contributed by atoms with Crippen LogP contribution in [0.4, 0.5) is 11.4 Å². The molecule has 8 heteroatoms. The number of benzene rings is 2. The lowest BCUT2D eigenvalue weighted by molar-refractivity contribution is 0.412. The second-order valence-electron chi connectivity index (χ2n) is 9.62. The number of imidazole rings is 2. The lowest BCUT2D eigenvalue weighted by Gasteiger charge is -2.12. The zero-order valence-corrected chi connectivity index (χ0v) is 22.8. The first-order valence-corrected chi connectivity index (χ1v) is 12.6. The van der Waals surface area contributed by atoms with Crippen molar-refractivity contribution in [2.75, 3.05) is 45.1 Å². The molecule has 0 unspecified atom stereocenters. The minimum Gasteiger partial charge on any atom is -0.506 e. The van der Waals surface area contributed by atoms with Crippen LogP contribution < -0.4 is 14.5 Å². The SMILES string of the molecule is C.C.CN(C)c1ccc(-c2cn3cc(O)ccc3n2)cc1.COc1ccc2nc(-c3ccc(N(C)C)cc3)cn2c1. The maximum absolute atomic E-state index is 9.45. The van der Waals surface area contributed by atoms with Gasteiger partial charge in [-0.05, 0) is 48.5 Å². The summed E-state index contributed by atoms with van der Waals surface area (Å²) in [5, 5.41) is 9.45. The summed E-state index contributed by atoms with van der Waals surface area (Å²) in [6, 6.07) is 23.9. The molecule has 0 aliphatic rings. The molecule has 6 rings (SSSR count). The predicted octanol–water partition coefficient (Wildman–Crippen LogP) is 7.12. The van der Waals surface area contributed by atoms with Crippen molar-refractivity contribution in [1.82, 2.24) is 18.8 Å². The molecule has 0 amide bonds. The Balaban J connectivity index is 0.000000215. The molecule has 0 saturated heterocycles. The predicted molar refractivity (Wildman–Crippen MR) is 172 cm³/mol. The van der Waals surface area contributed by atoms with Gasteiger partial charge in [0.25, 0.3) is 0 Å². The van der Waals surface area contributed by atoms with Gasteiger partial charge in [0.1, 0.15) is 22.8 Å². The van der Waals surface area contributed by atoms with Gasteiger partial charge in [0.15, 0.2) is 0 Å². The van der Waals surface area contributed by atoms with E-state index in [1.165, 1.54) is 5.69 Å². The van der Waals surface area contributed by atoms with Crippen LogP contribution in [-0.4, -0.2) is 59.2 Å². The van der Waals surface area contributed by atoms with Gasteiger partial charge >= 0.3 is 0 Å². The summed E-state index contributed by atoms with van der Waals surface area (Å²) in [5.41, 5.74) is 8.11. The Bertz CT molecular complexity index is 1700. The molecule has 0 bridgehead atoms. The molecule has 0 fully saturated rings. The van der Waals surface area contributed by atoms with Gasteiger partial charge < -0.3 is 28.4 Å². The lowest BCUT2D eigenvalue weighted by atomic mass is 10.1. The zero-order chi connectivity index (χ0) is 27.5. The van der Waals surface area contributed by atoms with E-state index in [4.69, 9.17) is 4.74 Å². The average molecular weight is 553 g/mol. The van der Waals surface area contributed by atoms with Crippen LogP contribution in [0.3, 0.4) is 0 Å². The molecule has 4 aromatic heterocycles. The van der Waals surface area contributed by atoms with Crippen LogP contribution in [0.1, 0.15) is 14.9 Å². The first kappa shape index (κ1) is 30.6. The van der Waals surface area contributed by atoms with E-state index in [0.29, 0.717) is 0 Å². The molecule has 41 heavy (non-hydrogen) atoms. The third kappa shape index (κ3) is 6.78. The van der Waals surface area contributed by atoms with Crippen LogP contribution >= 0.6 is 0 Å². The second kappa shape index (κ2) is 12.9. The number of hydrogen-bond donors (Lipinski definition) is 1. The number of aromatic hydroxyl groups is 1. The first-order valence-electron chi connectivity index (χ1n) is 12.6. The molecule has 214 valence electrons. The number of hydrogen-bond acceptors (Lipinski definition) is 6. The molecule has 0 radical (unpaired) electrons. The number of ether oxygens (including phenoxy) is 1. The van der Waals surface area contributed by atoms with Gasteiger partial charge in [0.05, 0.1) is 30.9 Å². The smallest absolute Gasteiger partial charge is 0.137 e. The number of fused-ring (bicyclic) bond motifs is 2. The van der Waals surface area contributed by atoms with Crippen molar-refractivity contribution in [2.24, 2.45) is 0 Å². The zero-order valence-electron chi connectivity index (χ0n) is 22.8. The van der Waals surface area contributed by atoms with E-state index >= 15 is 0 Å². The normalized spacial score (nSPS) is 10.3. The number of methoxy groups -OCH3 is 1. The summed E-state index contributed by atoms with van der Waals surface area (Å²) in [6.45, 7) is 0. The van der Waals surface area contributed by atoms with Gasteiger partial charge in [-0.1, -0.05) is 39.1 Å². The highest BCUT2D eigenvalue weighted by Gasteiger charge is 2.07. The lowest BCUT2D eigenvalue weighted by Crippen LogP contribution is -2.07. The molecule has 1 N–H and O–H groups in total. The van der Waals surface area contributed by atoms with Crippen molar-refractivity contribution < 1.29 is 9.84 Å². The topological polar surface area (TPSA) is 70.5 Å². The molecule has 0 atom stereocenters. The molecule has 0 saturated carbocycles. The minimum atomic E-state index is 0. The Labute approximate surface area is 242 Å². The van der Waals surface area contributed by atoms with Crippen LogP contribution in [-0.2, 0) is 0 Å². The third-order valence-electron chi connectivity index (χ3n) is 6.45. The number of anilines is 2. The van der Waals surface area contributed by atoms with Gasteiger partial charge in [0.2, 0.25) is 0 Å². The highest BCUT2D eigenvalue weighted by Crippen LogP contribution is 2.24. The molecule has 0 aliphatic heterocycles. The van der Waals surface area contributed by atoms with Gasteiger partial charge in [-0.2, -0.15) is 0 Å². The van der Waals surface area contributed by atoms with Crippen molar-refractivity contribution in [3.05, 3.63) is 97.6 Å². The summed E-state index contributed by atoms with van der Waals surface area (Å²) >= 11 is 0. The van der Waals surface area contributed by atoms with Crippen molar-refractivity contribution in [3.8, 4) is 34.0 Å². The molecular weight excluding hydrogens is 512 g/mol. The highest BCUT2D eigenvalue weighted by atomic mass is 16.5. The Morgan fingerprint density at radius 3 is 1.46 bits per heavy atom. The monoisotopic (exact) mass is 552 g/mol. The van der Waals surface area contributed by atoms with Crippen molar-refractivity contribution in [1.29, 1.82) is 0 Å². The highest BCUT2D eigenvalue weighted by molar-refractivity contribution is 5.66. The van der Waals surface area contributed by atoms with Crippen LogP contribution in [0.25, 0.3) is 33.8 Å². The molecular formula is C33H40N6O2. The molecule has 0 aliphatic carbocycles. The van der Waals surface area contributed by atoms with Crippen molar-refractivity contribution in [2.45, 2.75) is 14.9 Å². The minimum absolute atomic E-state index is 0. The number of aromatic nitrogens is 4. The summed E-state index contributed by atoms with van der Waals surface area (Å²) in [5.74, 6) is 1.06. The molecule has 8 nitrogen and oxygen atoms in total. The maximum atomic E-state index is 9.45. The largest absolute Gasteiger partial charge is 0.506 e. The molecule has 6 aromatic rings. The molecule has 4 heterocycles. The van der Waals surface area contributed by atoms with Gasteiger partial charge in [-0.25, -0.2) is 9.97 Å². The van der Waals surface area contributed by atoms with Crippen LogP contribution in [0.15, 0.2) is 97.6 Å². The van der Waals surface area contributed by atoms with Crippen molar-refractivity contribution in [3.63, 3.8) is 0 Å². The van der Waals surface area contributed by atoms with E-state index in [1.807, 2.05) is 67.7 Å². The average Bonchev–Trinajstić information content (AvgIpc) is 3.57. The third-order valence-corrected chi connectivity index (χ3v) is 6.45. The Morgan fingerprint density at radius 2 is 1.02 bits per heavy atom. The van der Waals surface area contributed by atoms with E-state index in [2.05, 4.69) is 68.3 Å². The Morgan fingerprint density at radius 1 is 0.585 bits per heavy atom. The standard InChI is InChI=1S/C16H17N3O.C15H15N3O.2CH4/c1-18(2)13-6-4-12(5-7-13)15-11-19-10-14(20-3)8-9-16(19)17-15;1-17(2)12-5-3-11(4-6-12)14-10-18-9-13(19)7-8-15(18)16-14;;/h4-11H,1-3H3;3-10,19H,1-2H3;2*1H4. The number of rotatable bonds is 5. The fraction of sp³-hybridized carbons (Fsp3) is 0.212. The Kier molecular flexibility index (Phi) is 9.63. The summed E-state index contributed by atoms with van der Waals surface area (Å²) < 4.78 is 9.03. The fourth-order valence-electron chi connectivity index (χ4n) is 4.21. The van der Waals surface area contributed by atoms with Gasteiger partial charge in [-0.15, -0.1) is 0 Å². The maximum Gasteiger partial charge on any atom is 0.137 e. The van der Waals surface area contributed by atoms with Crippen LogP contribution in [0.2, 0.25) is 0 Å². The number of pyridine rings is 2. The van der Waals surface area contributed by atoms with Crippen molar-refractivity contribution >= 4 is 22.7 Å². The van der Waals surface area contributed by atoms with E-state index in [1.54, 1.807) is 25.4 Å². The summed E-state index contributed by atoms with van der Waals surface area (Å²) in [7, 11) is 9.77. The first-order chi connectivity index (χ1) is 18.8. The second-order valence-corrected chi connectivity index (χ2v) is 9.62. The van der Waals surface area contributed by atoms with Gasteiger partial charge in [-0.3, -0.25) is 0 Å².